The number of amides is 3. The second-order valence-electron chi connectivity index (χ2n) is 5.13. The molecular weight excluding hydrogens is 280 g/mol. The summed E-state index contributed by atoms with van der Waals surface area (Å²) in [6.45, 7) is 2.11. The van der Waals surface area contributed by atoms with Crippen molar-refractivity contribution in [1.82, 2.24) is 5.32 Å². The molecule has 1 aliphatic rings. The summed E-state index contributed by atoms with van der Waals surface area (Å²) in [5.74, 6) is -0.796. The average Bonchev–Trinajstić information content (AvgIpc) is 2.53. The molecule has 6 nitrogen and oxygen atoms in total. The molecule has 1 aromatic carbocycles. The van der Waals surface area contributed by atoms with Crippen LogP contribution in [0.3, 0.4) is 0 Å². The van der Waals surface area contributed by atoms with Crippen molar-refractivity contribution < 1.29 is 9.59 Å². The highest BCUT2D eigenvalue weighted by atomic mass is 16.2. The van der Waals surface area contributed by atoms with Gasteiger partial charge in [0.05, 0.1) is 0 Å². The summed E-state index contributed by atoms with van der Waals surface area (Å²) in [4.78, 5) is 24.6. The van der Waals surface area contributed by atoms with Gasteiger partial charge in [0, 0.05) is 18.8 Å². The SMILES string of the molecule is N#C/C(=C/c1ccc(N2CCCCC2)cc1)C(=O)NC(N)=O. The van der Waals surface area contributed by atoms with Crippen LogP contribution in [0.4, 0.5) is 10.5 Å². The Bertz CT molecular complexity index is 623. The molecule has 0 bridgehead atoms. The van der Waals surface area contributed by atoms with E-state index < -0.39 is 11.9 Å². The zero-order valence-corrected chi connectivity index (χ0v) is 12.2. The highest BCUT2D eigenvalue weighted by molar-refractivity contribution is 6.08. The molecule has 2 rings (SSSR count). The molecule has 0 saturated carbocycles. The van der Waals surface area contributed by atoms with E-state index in [1.807, 2.05) is 29.6 Å². The van der Waals surface area contributed by atoms with Crippen LogP contribution in [-0.2, 0) is 4.79 Å². The number of carbonyl (C=O) groups is 2. The van der Waals surface area contributed by atoms with Gasteiger partial charge in [0.1, 0.15) is 11.6 Å². The van der Waals surface area contributed by atoms with Crippen LogP contribution >= 0.6 is 0 Å². The zero-order valence-electron chi connectivity index (χ0n) is 12.2. The molecular formula is C16H18N4O2. The highest BCUT2D eigenvalue weighted by Gasteiger charge is 2.12. The lowest BCUT2D eigenvalue weighted by Gasteiger charge is -2.28. The first kappa shape index (κ1) is 15.6. The fourth-order valence-corrected chi connectivity index (χ4v) is 2.43. The molecule has 3 amide bonds. The van der Waals surface area contributed by atoms with Gasteiger partial charge in [-0.25, -0.2) is 4.79 Å². The molecule has 22 heavy (non-hydrogen) atoms. The molecule has 3 N–H and O–H groups in total. The third-order valence-corrected chi connectivity index (χ3v) is 3.53. The molecule has 1 saturated heterocycles. The van der Waals surface area contributed by atoms with Gasteiger partial charge in [0.2, 0.25) is 0 Å². The lowest BCUT2D eigenvalue weighted by atomic mass is 10.1. The molecule has 1 fully saturated rings. The zero-order chi connectivity index (χ0) is 15.9. The van der Waals surface area contributed by atoms with Gasteiger partial charge >= 0.3 is 6.03 Å². The topological polar surface area (TPSA) is 99.2 Å². The van der Waals surface area contributed by atoms with Crippen molar-refractivity contribution in [2.75, 3.05) is 18.0 Å². The van der Waals surface area contributed by atoms with E-state index in [-0.39, 0.29) is 5.57 Å². The lowest BCUT2D eigenvalue weighted by molar-refractivity contribution is -0.115. The number of nitrogens with zero attached hydrogens (tertiary/aromatic N) is 2. The van der Waals surface area contributed by atoms with E-state index in [2.05, 4.69) is 4.90 Å². The summed E-state index contributed by atoms with van der Waals surface area (Å²) in [6.07, 6.45) is 5.11. The summed E-state index contributed by atoms with van der Waals surface area (Å²) in [6, 6.07) is 8.42. The Morgan fingerprint density at radius 2 is 1.82 bits per heavy atom. The van der Waals surface area contributed by atoms with E-state index in [9.17, 15) is 9.59 Å². The van der Waals surface area contributed by atoms with Gasteiger partial charge in [0.25, 0.3) is 5.91 Å². The molecule has 114 valence electrons. The van der Waals surface area contributed by atoms with E-state index in [1.54, 1.807) is 6.07 Å². The predicted octanol–water partition coefficient (Wildman–Crippen LogP) is 1.78. The monoisotopic (exact) mass is 298 g/mol. The van der Waals surface area contributed by atoms with Gasteiger partial charge in [-0.1, -0.05) is 12.1 Å². The number of benzene rings is 1. The number of anilines is 1. The van der Waals surface area contributed by atoms with Crippen LogP contribution in [0.2, 0.25) is 0 Å². The van der Waals surface area contributed by atoms with Crippen molar-refractivity contribution in [2.45, 2.75) is 19.3 Å². The molecule has 1 aromatic rings. The third-order valence-electron chi connectivity index (χ3n) is 3.53. The van der Waals surface area contributed by atoms with Crippen molar-refractivity contribution in [2.24, 2.45) is 5.73 Å². The first-order chi connectivity index (χ1) is 10.6. The Labute approximate surface area is 129 Å². The van der Waals surface area contributed by atoms with Crippen LogP contribution in [-0.4, -0.2) is 25.0 Å². The third kappa shape index (κ3) is 4.09. The largest absolute Gasteiger partial charge is 0.372 e. The van der Waals surface area contributed by atoms with Gasteiger partial charge in [-0.3, -0.25) is 10.1 Å². The molecule has 0 unspecified atom stereocenters. The molecule has 1 heterocycles. The van der Waals surface area contributed by atoms with E-state index >= 15 is 0 Å². The summed E-state index contributed by atoms with van der Waals surface area (Å²) < 4.78 is 0. The van der Waals surface area contributed by atoms with Gasteiger partial charge in [-0.2, -0.15) is 5.26 Å². The van der Waals surface area contributed by atoms with Gasteiger partial charge in [-0.05, 0) is 43.0 Å². The lowest BCUT2D eigenvalue weighted by Crippen LogP contribution is -2.35. The standard InChI is InChI=1S/C16H18N4O2/c17-11-13(15(21)19-16(18)22)10-12-4-6-14(7-5-12)20-8-2-1-3-9-20/h4-7,10H,1-3,8-9H2,(H3,18,19,21,22)/b13-10-. The average molecular weight is 298 g/mol. The van der Waals surface area contributed by atoms with Crippen LogP contribution in [0, 0.1) is 11.3 Å². The van der Waals surface area contributed by atoms with Crippen molar-refractivity contribution in [3.63, 3.8) is 0 Å². The van der Waals surface area contributed by atoms with Gasteiger partial charge < -0.3 is 10.6 Å². The highest BCUT2D eigenvalue weighted by Crippen LogP contribution is 2.21. The number of imide groups is 1. The number of hydrogen-bond acceptors (Lipinski definition) is 4. The van der Waals surface area contributed by atoms with Crippen molar-refractivity contribution >= 4 is 23.7 Å². The number of piperidine rings is 1. The van der Waals surface area contributed by atoms with Crippen LogP contribution in [0.5, 0.6) is 0 Å². The number of nitriles is 1. The molecule has 6 heteroatoms. The molecule has 0 atom stereocenters. The minimum Gasteiger partial charge on any atom is -0.372 e. The smallest absolute Gasteiger partial charge is 0.319 e. The fourth-order valence-electron chi connectivity index (χ4n) is 2.43. The van der Waals surface area contributed by atoms with Crippen molar-refractivity contribution in [1.29, 1.82) is 5.26 Å². The number of hydrogen-bond donors (Lipinski definition) is 2. The van der Waals surface area contributed by atoms with Crippen LogP contribution in [0.15, 0.2) is 29.8 Å². The first-order valence-corrected chi connectivity index (χ1v) is 7.18. The number of carbonyl (C=O) groups excluding carboxylic acids is 2. The first-order valence-electron chi connectivity index (χ1n) is 7.18. The molecule has 0 radical (unpaired) electrons. The molecule has 0 aromatic heterocycles. The number of nitrogens with two attached hydrogens (primary N) is 1. The van der Waals surface area contributed by atoms with Crippen molar-refractivity contribution in [3.05, 3.63) is 35.4 Å². The second kappa shape index (κ2) is 7.27. The minimum atomic E-state index is -0.980. The Kier molecular flexibility index (Phi) is 5.15. The van der Waals surface area contributed by atoms with Gasteiger partial charge in [0.15, 0.2) is 0 Å². The number of primary amides is 1. The van der Waals surface area contributed by atoms with E-state index in [0.717, 1.165) is 24.3 Å². The van der Waals surface area contributed by atoms with Crippen LogP contribution < -0.4 is 16.0 Å². The number of urea groups is 1. The second-order valence-corrected chi connectivity index (χ2v) is 5.13. The summed E-state index contributed by atoms with van der Waals surface area (Å²) >= 11 is 0. The summed E-state index contributed by atoms with van der Waals surface area (Å²) in [7, 11) is 0. The van der Waals surface area contributed by atoms with E-state index in [1.165, 1.54) is 25.3 Å². The molecule has 0 spiro atoms. The maximum atomic E-state index is 11.6. The molecule has 1 aliphatic heterocycles. The van der Waals surface area contributed by atoms with Crippen molar-refractivity contribution in [3.8, 4) is 6.07 Å². The minimum absolute atomic E-state index is 0.162. The number of nitrogens with one attached hydrogen (secondary N) is 1. The Hall–Kier alpha value is -2.81. The van der Waals surface area contributed by atoms with Gasteiger partial charge in [-0.15, -0.1) is 0 Å². The van der Waals surface area contributed by atoms with E-state index in [0.29, 0.717) is 0 Å². The summed E-state index contributed by atoms with van der Waals surface area (Å²) in [5, 5.41) is 10.9. The maximum absolute atomic E-state index is 11.6. The van der Waals surface area contributed by atoms with Crippen LogP contribution in [0.1, 0.15) is 24.8 Å². The Morgan fingerprint density at radius 3 is 2.36 bits per heavy atom. The predicted molar refractivity (Wildman–Crippen MR) is 83.8 cm³/mol. The Balaban J connectivity index is 2.11. The number of rotatable bonds is 3. The van der Waals surface area contributed by atoms with Crippen LogP contribution in [0.25, 0.3) is 6.08 Å². The summed E-state index contributed by atoms with van der Waals surface area (Å²) in [5.41, 5.74) is 6.56. The Morgan fingerprint density at radius 1 is 1.18 bits per heavy atom. The fraction of sp³-hybridized carbons (Fsp3) is 0.312. The van der Waals surface area contributed by atoms with E-state index in [4.69, 9.17) is 11.0 Å². The molecule has 0 aliphatic carbocycles. The quantitative estimate of drug-likeness (QED) is 0.656. The normalized spacial score (nSPS) is 15.0. The maximum Gasteiger partial charge on any atom is 0.319 e.